The number of urea groups is 1. The summed E-state index contributed by atoms with van der Waals surface area (Å²) in [5, 5.41) is 7.91. The fourth-order valence-electron chi connectivity index (χ4n) is 2.37. The van der Waals surface area contributed by atoms with Crippen molar-refractivity contribution in [3.05, 3.63) is 54.6 Å². The van der Waals surface area contributed by atoms with Crippen LogP contribution in [0, 0.1) is 0 Å². The zero-order valence-electron chi connectivity index (χ0n) is 15.1. The first kappa shape index (κ1) is 20.2. The van der Waals surface area contributed by atoms with Gasteiger partial charge in [-0.15, -0.1) is 0 Å². The Kier molecular flexibility index (Phi) is 6.78. The highest BCUT2D eigenvalue weighted by Crippen LogP contribution is 2.20. The highest BCUT2D eigenvalue weighted by molar-refractivity contribution is 7.92. The lowest BCUT2D eigenvalue weighted by Gasteiger charge is -2.23. The average molecular weight is 390 g/mol. The Labute approximate surface area is 158 Å². The monoisotopic (exact) mass is 390 g/mol. The molecule has 27 heavy (non-hydrogen) atoms. The van der Waals surface area contributed by atoms with Crippen LogP contribution in [0.25, 0.3) is 0 Å². The second-order valence-corrected chi connectivity index (χ2v) is 7.72. The van der Waals surface area contributed by atoms with Gasteiger partial charge in [0.2, 0.25) is 15.9 Å². The number of sulfonamides is 1. The van der Waals surface area contributed by atoms with Gasteiger partial charge >= 0.3 is 6.03 Å². The Morgan fingerprint density at radius 3 is 2.07 bits per heavy atom. The fourth-order valence-corrected chi connectivity index (χ4v) is 3.30. The van der Waals surface area contributed by atoms with Crippen LogP contribution in [-0.2, 0) is 14.8 Å². The Hall–Kier alpha value is -3.07. The van der Waals surface area contributed by atoms with Gasteiger partial charge < -0.3 is 16.0 Å². The molecule has 9 heteroatoms. The molecule has 0 aromatic heterocycles. The first-order valence-electron chi connectivity index (χ1n) is 8.21. The molecule has 0 aliphatic carbocycles. The molecule has 0 heterocycles. The Morgan fingerprint density at radius 1 is 0.926 bits per heavy atom. The van der Waals surface area contributed by atoms with Crippen molar-refractivity contribution in [3.63, 3.8) is 0 Å². The Balaban J connectivity index is 1.97. The van der Waals surface area contributed by atoms with Gasteiger partial charge in [0.15, 0.2) is 0 Å². The van der Waals surface area contributed by atoms with E-state index in [-0.39, 0.29) is 19.0 Å². The van der Waals surface area contributed by atoms with Gasteiger partial charge in [-0.25, -0.2) is 13.2 Å². The predicted molar refractivity (Wildman–Crippen MR) is 106 cm³/mol. The molecule has 2 aromatic rings. The number of amides is 3. The smallest absolute Gasteiger partial charge is 0.319 e. The maximum Gasteiger partial charge on any atom is 0.319 e. The minimum Gasteiger partial charge on any atom is -0.336 e. The molecule has 0 saturated carbocycles. The molecule has 144 valence electrons. The molecule has 2 aromatic carbocycles. The number of benzene rings is 2. The van der Waals surface area contributed by atoms with Gasteiger partial charge in [-0.05, 0) is 36.4 Å². The number of rotatable bonds is 7. The summed E-state index contributed by atoms with van der Waals surface area (Å²) in [5.74, 6) is -0.212. The van der Waals surface area contributed by atoms with Crippen molar-refractivity contribution in [1.29, 1.82) is 0 Å². The zero-order chi connectivity index (χ0) is 19.9. The lowest BCUT2D eigenvalue weighted by Crippen LogP contribution is -2.39. The number of carbonyl (C=O) groups is 2. The maximum atomic E-state index is 12.1. The van der Waals surface area contributed by atoms with E-state index in [1.165, 1.54) is 11.2 Å². The normalized spacial score (nSPS) is 10.7. The number of carbonyl (C=O) groups excluding carboxylic acids is 2. The first-order valence-corrected chi connectivity index (χ1v) is 10.1. The fraction of sp³-hybridized carbons (Fsp3) is 0.222. The predicted octanol–water partition coefficient (Wildman–Crippen LogP) is 2.23. The number of hydrogen-bond donors (Lipinski definition) is 3. The van der Waals surface area contributed by atoms with Crippen molar-refractivity contribution < 1.29 is 18.0 Å². The van der Waals surface area contributed by atoms with Crippen molar-refractivity contribution in [2.75, 3.05) is 34.3 Å². The van der Waals surface area contributed by atoms with Crippen LogP contribution in [-0.4, -0.2) is 39.7 Å². The molecule has 0 aliphatic rings. The summed E-state index contributed by atoms with van der Waals surface area (Å²) in [6, 6.07) is 14.9. The highest BCUT2D eigenvalue weighted by atomic mass is 32.2. The summed E-state index contributed by atoms with van der Waals surface area (Å²) >= 11 is 0. The minimum absolute atomic E-state index is 0.0700. The highest BCUT2D eigenvalue weighted by Gasteiger charge is 2.17. The van der Waals surface area contributed by atoms with Crippen molar-refractivity contribution >= 4 is 39.0 Å². The van der Waals surface area contributed by atoms with E-state index in [1.807, 2.05) is 6.07 Å². The van der Waals surface area contributed by atoms with E-state index in [1.54, 1.807) is 48.5 Å². The number of nitrogens with one attached hydrogen (secondary N) is 3. The molecular weight excluding hydrogens is 368 g/mol. The van der Waals surface area contributed by atoms with E-state index in [2.05, 4.69) is 16.0 Å². The van der Waals surface area contributed by atoms with Gasteiger partial charge in [-0.2, -0.15) is 0 Å². The number of hydrogen-bond acceptors (Lipinski definition) is 4. The van der Waals surface area contributed by atoms with Crippen LogP contribution >= 0.6 is 0 Å². The summed E-state index contributed by atoms with van der Waals surface area (Å²) in [4.78, 5) is 23.0. The lowest BCUT2D eigenvalue weighted by molar-refractivity contribution is -0.114. The molecule has 3 N–H and O–H groups in total. The minimum atomic E-state index is -3.54. The van der Waals surface area contributed by atoms with E-state index in [0.717, 1.165) is 6.26 Å². The number of anilines is 3. The third-order valence-electron chi connectivity index (χ3n) is 3.51. The molecule has 0 radical (unpaired) electrons. The van der Waals surface area contributed by atoms with E-state index in [9.17, 15) is 18.0 Å². The summed E-state index contributed by atoms with van der Waals surface area (Å²) < 4.78 is 25.4. The quantitative estimate of drug-likeness (QED) is 0.674. The summed E-state index contributed by atoms with van der Waals surface area (Å²) in [5.41, 5.74) is 1.65. The molecule has 0 fully saturated rings. The second kappa shape index (κ2) is 9.04. The molecule has 8 nitrogen and oxygen atoms in total. The molecule has 0 saturated heterocycles. The molecule has 0 spiro atoms. The van der Waals surface area contributed by atoms with E-state index in [0.29, 0.717) is 17.1 Å². The van der Waals surface area contributed by atoms with Crippen LogP contribution in [0.15, 0.2) is 54.6 Å². The SMILES string of the molecule is CC(=O)Nc1ccc(N(CCNC(=O)Nc2ccccc2)S(C)(=O)=O)cc1. The Morgan fingerprint density at radius 2 is 1.52 bits per heavy atom. The van der Waals surface area contributed by atoms with E-state index >= 15 is 0 Å². The standard InChI is InChI=1S/C18H22N4O4S/c1-14(23)20-16-8-10-17(11-9-16)22(27(2,25)26)13-12-19-18(24)21-15-6-4-3-5-7-15/h3-11H,12-13H2,1-2H3,(H,20,23)(H2,19,21,24). The van der Waals surface area contributed by atoms with Crippen LogP contribution in [0.5, 0.6) is 0 Å². The zero-order valence-corrected chi connectivity index (χ0v) is 15.9. The van der Waals surface area contributed by atoms with E-state index < -0.39 is 16.1 Å². The van der Waals surface area contributed by atoms with Gasteiger partial charge in [0.1, 0.15) is 0 Å². The van der Waals surface area contributed by atoms with Crippen LogP contribution in [0.3, 0.4) is 0 Å². The van der Waals surface area contributed by atoms with Crippen LogP contribution in [0.4, 0.5) is 21.9 Å². The van der Waals surface area contributed by atoms with Crippen LogP contribution < -0.4 is 20.3 Å². The second-order valence-electron chi connectivity index (χ2n) is 5.81. The van der Waals surface area contributed by atoms with Crippen molar-refractivity contribution in [3.8, 4) is 0 Å². The molecule has 0 unspecified atom stereocenters. The van der Waals surface area contributed by atoms with Crippen molar-refractivity contribution in [2.24, 2.45) is 0 Å². The topological polar surface area (TPSA) is 108 Å². The summed E-state index contributed by atoms with van der Waals surface area (Å²) in [6.07, 6.45) is 1.10. The largest absolute Gasteiger partial charge is 0.336 e. The average Bonchev–Trinajstić information content (AvgIpc) is 2.59. The summed E-state index contributed by atoms with van der Waals surface area (Å²) in [6.45, 7) is 1.59. The third-order valence-corrected chi connectivity index (χ3v) is 4.70. The van der Waals surface area contributed by atoms with Crippen molar-refractivity contribution in [2.45, 2.75) is 6.92 Å². The van der Waals surface area contributed by atoms with E-state index in [4.69, 9.17) is 0 Å². The molecule has 2 rings (SSSR count). The van der Waals surface area contributed by atoms with Gasteiger partial charge in [0, 0.05) is 24.8 Å². The van der Waals surface area contributed by atoms with Gasteiger partial charge in [0.05, 0.1) is 18.5 Å². The lowest BCUT2D eigenvalue weighted by atomic mass is 10.2. The molecule has 0 bridgehead atoms. The number of nitrogens with zero attached hydrogens (tertiary/aromatic N) is 1. The molecule has 3 amide bonds. The molecule has 0 aliphatic heterocycles. The van der Waals surface area contributed by atoms with Crippen molar-refractivity contribution in [1.82, 2.24) is 5.32 Å². The molecular formula is C18H22N4O4S. The van der Waals surface area contributed by atoms with Crippen LogP contribution in [0.2, 0.25) is 0 Å². The van der Waals surface area contributed by atoms with Gasteiger partial charge in [-0.3, -0.25) is 9.10 Å². The van der Waals surface area contributed by atoms with Gasteiger partial charge in [-0.1, -0.05) is 18.2 Å². The van der Waals surface area contributed by atoms with Gasteiger partial charge in [0.25, 0.3) is 0 Å². The molecule has 0 atom stereocenters. The maximum absolute atomic E-state index is 12.1. The number of para-hydroxylation sites is 1. The first-order chi connectivity index (χ1) is 12.8. The third kappa shape index (κ3) is 6.63. The van der Waals surface area contributed by atoms with Crippen LogP contribution in [0.1, 0.15) is 6.92 Å². The summed E-state index contributed by atoms with van der Waals surface area (Å²) in [7, 11) is -3.54. The Bertz CT molecular complexity index is 883.